The molecule has 17 nitrogen and oxygen atoms in total. The van der Waals surface area contributed by atoms with Gasteiger partial charge in [-0.1, -0.05) is 54.6 Å². The minimum absolute atomic E-state index is 0.00143. The number of phenols is 2. The summed E-state index contributed by atoms with van der Waals surface area (Å²) in [6.07, 6.45) is 0.354. The van der Waals surface area contributed by atoms with Crippen molar-refractivity contribution in [2.45, 2.75) is 13.0 Å². The second kappa shape index (κ2) is 23.9. The summed E-state index contributed by atoms with van der Waals surface area (Å²) in [5.74, 6) is 5.63. The fourth-order valence-electron chi connectivity index (χ4n) is 6.97. The number of aromatic hydroxyl groups is 2. The average molecular weight is 881 g/mol. The predicted molar refractivity (Wildman–Crippen MR) is 242 cm³/mol. The lowest BCUT2D eigenvalue weighted by Crippen LogP contribution is -2.38. The molecule has 2 amide bonds. The molecule has 6 rings (SSSR count). The number of nitrogens with two attached hydrogens (primary N) is 2. The molecule has 4 aromatic carbocycles. The molecule has 5 aromatic rings. The van der Waals surface area contributed by atoms with Gasteiger partial charge in [0, 0.05) is 47.8 Å². The third-order valence-corrected chi connectivity index (χ3v) is 10.3. The fourth-order valence-corrected chi connectivity index (χ4v) is 6.97. The third-order valence-electron chi connectivity index (χ3n) is 10.3. The zero-order chi connectivity index (χ0) is 45.3. The molecule has 0 aliphatic carbocycles. The minimum atomic E-state index is -0.516. The van der Waals surface area contributed by atoms with Crippen molar-refractivity contribution in [3.05, 3.63) is 123 Å². The molecule has 0 saturated heterocycles. The summed E-state index contributed by atoms with van der Waals surface area (Å²) in [6.45, 7) is 5.35. The molecule has 2 heterocycles. The summed E-state index contributed by atoms with van der Waals surface area (Å²) in [4.78, 5) is 40.2. The van der Waals surface area contributed by atoms with Crippen LogP contribution < -0.4 is 32.5 Å². The number of para-hydroxylation sites is 1. The Morgan fingerprint density at radius 3 is 2.05 bits per heavy atom. The maximum absolute atomic E-state index is 13.3. The van der Waals surface area contributed by atoms with E-state index in [9.17, 15) is 24.6 Å². The molecule has 1 aliphatic rings. The SMILES string of the molecule is CNCCC(=O)N1Cc2ccccc2/C(N(N)CCOCCOCCOCCOCCOCCNC(=O)c2ccc(-c3cc(=O)c4ccc(O)c(O)c4o3)cc2)=C(/N)c2ccccc21. The zero-order valence-electron chi connectivity index (χ0n) is 35.9. The van der Waals surface area contributed by atoms with Crippen molar-refractivity contribution >= 4 is 39.9 Å². The first kappa shape index (κ1) is 47.2. The van der Waals surface area contributed by atoms with Crippen molar-refractivity contribution in [3.63, 3.8) is 0 Å². The van der Waals surface area contributed by atoms with Crippen molar-refractivity contribution < 1.29 is 47.9 Å². The average Bonchev–Trinajstić information content (AvgIpc) is 3.30. The van der Waals surface area contributed by atoms with Crippen LogP contribution in [0.3, 0.4) is 0 Å². The molecule has 0 radical (unpaired) electrons. The number of hydrogen-bond acceptors (Lipinski definition) is 15. The second-order valence-electron chi connectivity index (χ2n) is 14.6. The number of anilines is 1. The summed E-state index contributed by atoms with van der Waals surface area (Å²) in [7, 11) is 1.83. The van der Waals surface area contributed by atoms with Crippen molar-refractivity contribution in [1.29, 1.82) is 0 Å². The number of benzene rings is 4. The summed E-state index contributed by atoms with van der Waals surface area (Å²) >= 11 is 0. The number of hydrogen-bond donors (Lipinski definition) is 6. The summed E-state index contributed by atoms with van der Waals surface area (Å²) in [5.41, 5.74) is 11.7. The Hall–Kier alpha value is -6.31. The molecule has 1 aliphatic heterocycles. The van der Waals surface area contributed by atoms with Gasteiger partial charge in [0.1, 0.15) is 5.76 Å². The van der Waals surface area contributed by atoms with Crippen LogP contribution in [0.15, 0.2) is 100 Å². The van der Waals surface area contributed by atoms with Crippen LogP contribution in [-0.2, 0) is 35.0 Å². The van der Waals surface area contributed by atoms with E-state index >= 15 is 0 Å². The van der Waals surface area contributed by atoms with Crippen LogP contribution in [0, 0.1) is 0 Å². The number of ether oxygens (including phenoxy) is 5. The van der Waals surface area contributed by atoms with E-state index in [0.29, 0.717) is 121 Å². The van der Waals surface area contributed by atoms with Gasteiger partial charge in [0.25, 0.3) is 5.91 Å². The van der Waals surface area contributed by atoms with Gasteiger partial charge in [0.15, 0.2) is 16.8 Å². The maximum atomic E-state index is 13.3. The van der Waals surface area contributed by atoms with Crippen molar-refractivity contribution in [1.82, 2.24) is 15.6 Å². The van der Waals surface area contributed by atoms with E-state index in [2.05, 4.69) is 10.6 Å². The topological polar surface area (TPSA) is 234 Å². The minimum Gasteiger partial charge on any atom is -0.504 e. The Morgan fingerprint density at radius 1 is 0.766 bits per heavy atom. The molecule has 1 aromatic heterocycles. The van der Waals surface area contributed by atoms with Crippen LogP contribution in [0.5, 0.6) is 11.5 Å². The lowest BCUT2D eigenvalue weighted by molar-refractivity contribution is -0.118. The van der Waals surface area contributed by atoms with Crippen LogP contribution in [0.4, 0.5) is 5.69 Å². The number of carbonyl (C=O) groups excluding carboxylic acids is 2. The van der Waals surface area contributed by atoms with Crippen LogP contribution >= 0.6 is 0 Å². The van der Waals surface area contributed by atoms with Crippen molar-refractivity contribution in [2.24, 2.45) is 11.6 Å². The monoisotopic (exact) mass is 880 g/mol. The van der Waals surface area contributed by atoms with E-state index in [1.54, 1.807) is 34.2 Å². The Morgan fingerprint density at radius 2 is 1.38 bits per heavy atom. The molecular weight excluding hydrogens is 825 g/mol. The smallest absolute Gasteiger partial charge is 0.251 e. The Bertz CT molecular complexity index is 2420. The van der Waals surface area contributed by atoms with Gasteiger partial charge in [-0.05, 0) is 42.9 Å². The number of hydrazine groups is 1. The lowest BCUT2D eigenvalue weighted by atomic mass is 9.95. The third kappa shape index (κ3) is 12.4. The first-order valence-corrected chi connectivity index (χ1v) is 21.1. The van der Waals surface area contributed by atoms with E-state index in [4.69, 9.17) is 39.7 Å². The largest absolute Gasteiger partial charge is 0.504 e. The first-order chi connectivity index (χ1) is 31.2. The van der Waals surface area contributed by atoms with Gasteiger partial charge in [0.2, 0.25) is 11.7 Å². The zero-order valence-corrected chi connectivity index (χ0v) is 35.9. The normalized spacial score (nSPS) is 13.6. The molecule has 8 N–H and O–H groups in total. The number of nitrogens with zero attached hydrogens (tertiary/aromatic N) is 2. The van der Waals surface area contributed by atoms with Crippen LogP contribution in [0.1, 0.15) is 33.5 Å². The van der Waals surface area contributed by atoms with E-state index in [1.165, 1.54) is 18.2 Å². The van der Waals surface area contributed by atoms with Crippen molar-refractivity contribution in [2.75, 3.05) is 97.7 Å². The van der Waals surface area contributed by atoms with Gasteiger partial charge in [0.05, 0.1) is 102 Å². The Labute approximate surface area is 371 Å². The number of amides is 2. The Kier molecular flexibility index (Phi) is 17.6. The Balaban J connectivity index is 0.792. The van der Waals surface area contributed by atoms with Crippen LogP contribution in [0.25, 0.3) is 33.7 Å². The first-order valence-electron chi connectivity index (χ1n) is 21.1. The van der Waals surface area contributed by atoms with E-state index in [1.807, 2.05) is 55.6 Å². The number of rotatable bonds is 24. The maximum Gasteiger partial charge on any atom is 0.251 e. The number of phenolic OH excluding ortho intramolecular Hbond substituents is 2. The van der Waals surface area contributed by atoms with Gasteiger partial charge >= 0.3 is 0 Å². The van der Waals surface area contributed by atoms with Gasteiger partial charge < -0.3 is 64.6 Å². The highest BCUT2D eigenvalue weighted by Crippen LogP contribution is 2.37. The van der Waals surface area contributed by atoms with E-state index in [-0.39, 0.29) is 34.0 Å². The van der Waals surface area contributed by atoms with E-state index < -0.39 is 11.5 Å². The molecule has 0 atom stereocenters. The predicted octanol–water partition coefficient (Wildman–Crippen LogP) is 3.80. The number of fused-ring (bicyclic) bond motifs is 3. The molecule has 0 bridgehead atoms. The summed E-state index contributed by atoms with van der Waals surface area (Å²) in [6, 6.07) is 25.8. The molecule has 340 valence electrons. The van der Waals surface area contributed by atoms with Gasteiger partial charge in [-0.3, -0.25) is 14.4 Å². The molecule has 0 saturated carbocycles. The lowest BCUT2D eigenvalue weighted by Gasteiger charge is -2.33. The molecule has 0 spiro atoms. The van der Waals surface area contributed by atoms with E-state index in [0.717, 1.165) is 22.4 Å². The van der Waals surface area contributed by atoms with Gasteiger partial charge in [-0.15, -0.1) is 0 Å². The summed E-state index contributed by atoms with van der Waals surface area (Å²) in [5, 5.41) is 27.5. The van der Waals surface area contributed by atoms with Crippen LogP contribution in [0.2, 0.25) is 0 Å². The molecular formula is C47H56N6O11. The van der Waals surface area contributed by atoms with Gasteiger partial charge in [-0.25, -0.2) is 5.84 Å². The van der Waals surface area contributed by atoms with Crippen LogP contribution in [-0.4, -0.2) is 120 Å². The highest BCUT2D eigenvalue weighted by Gasteiger charge is 2.27. The van der Waals surface area contributed by atoms with Crippen molar-refractivity contribution in [3.8, 4) is 22.8 Å². The molecule has 64 heavy (non-hydrogen) atoms. The fraction of sp³-hybridized carbons (Fsp3) is 0.340. The molecule has 17 heteroatoms. The highest BCUT2D eigenvalue weighted by molar-refractivity contribution is 6.01. The standard InChI is InChI=1S/C47H56N6O11/c1-50-17-16-42(56)52-31-34-6-2-3-7-35(34)44(43(48)36-8-4-5-9-38(36)52)53(49)19-21-60-23-25-62-27-29-63-28-26-61-24-22-59-20-18-51-47(58)33-12-10-32(11-13-33)41-30-40(55)37-14-15-39(54)45(57)46(37)64-41/h2-15,30,50,54,57H,16-29,31,48-49H2,1H3,(H,51,58)/b44-43-. The molecule has 0 unspecified atom stereocenters. The second-order valence-corrected chi connectivity index (χ2v) is 14.6. The molecule has 0 fully saturated rings. The number of nitrogens with one attached hydrogen (secondary N) is 2. The van der Waals surface area contributed by atoms with Gasteiger partial charge in [-0.2, -0.15) is 0 Å². The number of carbonyl (C=O) groups is 2. The highest BCUT2D eigenvalue weighted by atomic mass is 16.6. The quantitative estimate of drug-likeness (QED) is 0.0224. The summed E-state index contributed by atoms with van der Waals surface area (Å²) < 4.78 is 33.8.